The summed E-state index contributed by atoms with van der Waals surface area (Å²) in [5.74, 6) is -2.66. The van der Waals surface area contributed by atoms with Crippen molar-refractivity contribution in [1.82, 2.24) is 4.90 Å². The van der Waals surface area contributed by atoms with Crippen LogP contribution in [-0.2, 0) is 19.1 Å². The van der Waals surface area contributed by atoms with Gasteiger partial charge in [0.25, 0.3) is 0 Å². The minimum Gasteiger partial charge on any atom is -0.481 e. The van der Waals surface area contributed by atoms with E-state index in [9.17, 15) is 19.5 Å². The van der Waals surface area contributed by atoms with E-state index >= 15 is 0 Å². The molecule has 0 saturated carbocycles. The molecule has 154 valence electrons. The summed E-state index contributed by atoms with van der Waals surface area (Å²) < 4.78 is 5.51. The topological polar surface area (TPSA) is 83.9 Å². The maximum atomic E-state index is 12.7. The average Bonchev–Trinajstić information content (AvgIpc) is 2.59. The van der Waals surface area contributed by atoms with E-state index in [2.05, 4.69) is 0 Å². The van der Waals surface area contributed by atoms with Crippen molar-refractivity contribution in [3.8, 4) is 0 Å². The van der Waals surface area contributed by atoms with Gasteiger partial charge in [-0.25, -0.2) is 0 Å². The van der Waals surface area contributed by atoms with Crippen LogP contribution in [0.1, 0.15) is 60.3 Å². The Morgan fingerprint density at radius 3 is 2.15 bits per heavy atom. The number of esters is 1. The van der Waals surface area contributed by atoms with Crippen LogP contribution in [0.4, 0.5) is 0 Å². The summed E-state index contributed by atoms with van der Waals surface area (Å²) in [7, 11) is 1.63. The summed E-state index contributed by atoms with van der Waals surface area (Å²) >= 11 is 0. The molecule has 0 aliphatic heterocycles. The van der Waals surface area contributed by atoms with Gasteiger partial charge in [-0.1, -0.05) is 46.3 Å². The molecule has 1 aliphatic rings. The molecule has 1 N–H and O–H groups in total. The molecule has 0 bridgehead atoms. The smallest absolute Gasteiger partial charge is 0.312 e. The fraction of sp³-hybridized carbons (Fsp3) is 0.762. The van der Waals surface area contributed by atoms with E-state index < -0.39 is 23.2 Å². The molecular formula is C21H35NO5. The summed E-state index contributed by atoms with van der Waals surface area (Å²) in [6, 6.07) is 0. The van der Waals surface area contributed by atoms with Crippen molar-refractivity contribution in [1.29, 1.82) is 0 Å². The van der Waals surface area contributed by atoms with Crippen LogP contribution in [0.15, 0.2) is 12.2 Å². The molecule has 0 aromatic carbocycles. The summed E-state index contributed by atoms with van der Waals surface area (Å²) in [5, 5.41) is 9.33. The first-order valence-electron chi connectivity index (χ1n) is 9.75. The predicted molar refractivity (Wildman–Crippen MR) is 104 cm³/mol. The molecule has 1 rings (SSSR count). The third-order valence-electron chi connectivity index (χ3n) is 5.96. The zero-order valence-corrected chi connectivity index (χ0v) is 17.6. The summed E-state index contributed by atoms with van der Waals surface area (Å²) in [4.78, 5) is 38.2. The number of carbonyl (C=O) groups is 3. The van der Waals surface area contributed by atoms with Gasteiger partial charge in [-0.05, 0) is 31.6 Å². The van der Waals surface area contributed by atoms with Crippen molar-refractivity contribution in [3.05, 3.63) is 12.2 Å². The lowest BCUT2D eigenvalue weighted by Crippen LogP contribution is -2.44. The standard InChI is InChI=1S/C21H35NO5/c1-7-12-21(5,20(2,3)4)19(26)27-14-13-22(6)17(23)15-10-8-9-11-16(15)18(24)25/h8-9,15-16H,7,10-14H2,1-6H3,(H,24,25). The quantitative estimate of drug-likeness (QED) is 0.514. The Hall–Kier alpha value is -1.85. The number of likely N-dealkylation sites (N-methyl/N-ethyl adjacent to an activating group) is 1. The Kier molecular flexibility index (Phi) is 8.05. The van der Waals surface area contributed by atoms with E-state index in [1.54, 1.807) is 7.05 Å². The highest BCUT2D eigenvalue weighted by atomic mass is 16.5. The number of carbonyl (C=O) groups excluding carboxylic acids is 2. The lowest BCUT2D eigenvalue weighted by Gasteiger charge is -2.39. The van der Waals surface area contributed by atoms with Crippen LogP contribution in [-0.4, -0.2) is 48.1 Å². The van der Waals surface area contributed by atoms with Crippen LogP contribution in [0.5, 0.6) is 0 Å². The van der Waals surface area contributed by atoms with Gasteiger partial charge >= 0.3 is 11.9 Å². The van der Waals surface area contributed by atoms with Crippen molar-refractivity contribution in [2.24, 2.45) is 22.7 Å². The van der Waals surface area contributed by atoms with E-state index in [1.165, 1.54) is 4.90 Å². The number of allylic oxidation sites excluding steroid dienone is 2. The van der Waals surface area contributed by atoms with Crippen LogP contribution in [0.2, 0.25) is 0 Å². The van der Waals surface area contributed by atoms with E-state index in [4.69, 9.17) is 4.74 Å². The highest BCUT2D eigenvalue weighted by Gasteiger charge is 2.44. The first kappa shape index (κ1) is 23.2. The normalized spacial score (nSPS) is 22.0. The van der Waals surface area contributed by atoms with Gasteiger partial charge in [0.15, 0.2) is 0 Å². The zero-order chi connectivity index (χ0) is 20.8. The number of amides is 1. The minimum absolute atomic E-state index is 0.108. The summed E-state index contributed by atoms with van der Waals surface area (Å²) in [6.45, 7) is 10.4. The fourth-order valence-corrected chi connectivity index (χ4v) is 3.47. The first-order valence-corrected chi connectivity index (χ1v) is 9.75. The number of hydrogen-bond donors (Lipinski definition) is 1. The monoisotopic (exact) mass is 381 g/mol. The Morgan fingerprint density at radius 2 is 1.67 bits per heavy atom. The van der Waals surface area contributed by atoms with Gasteiger partial charge in [0, 0.05) is 7.05 Å². The predicted octanol–water partition coefficient (Wildman–Crippen LogP) is 3.51. The Bertz CT molecular complexity index is 578. The molecule has 0 radical (unpaired) electrons. The second kappa shape index (κ2) is 9.38. The van der Waals surface area contributed by atoms with Crippen molar-refractivity contribution >= 4 is 17.8 Å². The van der Waals surface area contributed by atoms with Gasteiger partial charge in [-0.15, -0.1) is 0 Å². The molecule has 0 aromatic heterocycles. The van der Waals surface area contributed by atoms with Gasteiger partial charge in [-0.3, -0.25) is 14.4 Å². The molecule has 27 heavy (non-hydrogen) atoms. The van der Waals surface area contributed by atoms with E-state index in [1.807, 2.05) is 46.8 Å². The maximum absolute atomic E-state index is 12.7. The lowest BCUT2D eigenvalue weighted by atomic mass is 9.65. The van der Waals surface area contributed by atoms with Gasteiger partial charge in [0.1, 0.15) is 6.61 Å². The molecule has 1 amide bonds. The second-order valence-electron chi connectivity index (χ2n) is 8.72. The number of ether oxygens (including phenoxy) is 1. The molecule has 0 aromatic rings. The molecule has 0 spiro atoms. The van der Waals surface area contributed by atoms with Gasteiger partial charge < -0.3 is 14.7 Å². The SMILES string of the molecule is CCCC(C)(C(=O)OCCN(C)C(=O)C1CC=CCC1C(=O)O)C(C)(C)C. The van der Waals surface area contributed by atoms with Gasteiger partial charge in [0.2, 0.25) is 5.91 Å². The van der Waals surface area contributed by atoms with Crippen molar-refractivity contribution in [2.45, 2.75) is 60.3 Å². The number of hydrogen-bond acceptors (Lipinski definition) is 4. The average molecular weight is 382 g/mol. The first-order chi connectivity index (χ1) is 12.5. The number of aliphatic carboxylic acids is 1. The molecule has 6 nitrogen and oxygen atoms in total. The minimum atomic E-state index is -0.946. The van der Waals surface area contributed by atoms with Crippen LogP contribution in [0.3, 0.4) is 0 Å². The van der Waals surface area contributed by atoms with Crippen LogP contribution < -0.4 is 0 Å². The van der Waals surface area contributed by atoms with Crippen LogP contribution >= 0.6 is 0 Å². The molecular weight excluding hydrogens is 346 g/mol. The largest absolute Gasteiger partial charge is 0.481 e. The van der Waals surface area contributed by atoms with E-state index in [0.29, 0.717) is 12.8 Å². The Balaban J connectivity index is 2.64. The van der Waals surface area contributed by atoms with E-state index in [-0.39, 0.29) is 30.4 Å². The van der Waals surface area contributed by atoms with Crippen molar-refractivity contribution in [3.63, 3.8) is 0 Å². The molecule has 3 unspecified atom stereocenters. The zero-order valence-electron chi connectivity index (χ0n) is 17.6. The number of carboxylic acids is 1. The summed E-state index contributed by atoms with van der Waals surface area (Å²) in [6.07, 6.45) is 6.08. The van der Waals surface area contributed by atoms with Gasteiger partial charge in [-0.2, -0.15) is 0 Å². The molecule has 6 heteroatoms. The van der Waals surface area contributed by atoms with Crippen LogP contribution in [0.25, 0.3) is 0 Å². The molecule has 3 atom stereocenters. The Labute approximate surface area is 162 Å². The fourth-order valence-electron chi connectivity index (χ4n) is 3.47. The third-order valence-corrected chi connectivity index (χ3v) is 5.96. The highest BCUT2D eigenvalue weighted by molar-refractivity contribution is 5.85. The Morgan fingerprint density at radius 1 is 1.11 bits per heavy atom. The number of nitrogens with zero attached hydrogens (tertiary/aromatic N) is 1. The number of carboxylic acid groups (broad SMARTS) is 1. The lowest BCUT2D eigenvalue weighted by molar-refractivity contribution is -0.163. The molecule has 1 aliphatic carbocycles. The maximum Gasteiger partial charge on any atom is 0.312 e. The number of rotatable bonds is 8. The molecule has 0 saturated heterocycles. The molecule has 0 fully saturated rings. The third kappa shape index (κ3) is 5.56. The summed E-state index contributed by atoms with van der Waals surface area (Å²) in [5.41, 5.74) is -0.822. The van der Waals surface area contributed by atoms with E-state index in [0.717, 1.165) is 12.8 Å². The highest BCUT2D eigenvalue weighted by Crippen LogP contribution is 2.43. The van der Waals surface area contributed by atoms with Crippen molar-refractivity contribution < 1.29 is 24.2 Å². The van der Waals surface area contributed by atoms with Crippen LogP contribution in [0, 0.1) is 22.7 Å². The second-order valence-corrected chi connectivity index (χ2v) is 8.72. The van der Waals surface area contributed by atoms with Crippen molar-refractivity contribution in [2.75, 3.05) is 20.2 Å². The molecule has 0 heterocycles. The van der Waals surface area contributed by atoms with Gasteiger partial charge in [0.05, 0.1) is 23.8 Å².